The minimum Gasteiger partial charge on any atom is -0.344 e. The third-order valence-corrected chi connectivity index (χ3v) is 4.51. The van der Waals surface area contributed by atoms with Gasteiger partial charge in [-0.3, -0.25) is 14.5 Å². The molecule has 2 fully saturated rings. The van der Waals surface area contributed by atoms with E-state index in [4.69, 9.17) is 0 Å². The summed E-state index contributed by atoms with van der Waals surface area (Å²) in [5, 5.41) is 2.75. The summed E-state index contributed by atoms with van der Waals surface area (Å²) in [6.45, 7) is 3.88. The zero-order valence-electron chi connectivity index (χ0n) is 13.1. The van der Waals surface area contributed by atoms with Crippen molar-refractivity contribution in [2.75, 3.05) is 26.2 Å². The Balaban J connectivity index is 1.53. The number of nitrogens with one attached hydrogen (secondary N) is 1. The van der Waals surface area contributed by atoms with E-state index in [1.807, 2.05) is 4.90 Å². The van der Waals surface area contributed by atoms with Crippen LogP contribution in [0.4, 0.5) is 4.39 Å². The van der Waals surface area contributed by atoms with Crippen LogP contribution in [0.5, 0.6) is 0 Å². The summed E-state index contributed by atoms with van der Waals surface area (Å²) in [5.74, 6) is -0.212. The van der Waals surface area contributed by atoms with Gasteiger partial charge in [0.1, 0.15) is 11.9 Å². The third-order valence-electron chi connectivity index (χ3n) is 4.51. The Morgan fingerprint density at radius 2 is 1.96 bits per heavy atom. The minimum absolute atomic E-state index is 0.0314. The Kier molecular flexibility index (Phi) is 4.91. The fraction of sp³-hybridized carbons (Fsp3) is 0.529. The van der Waals surface area contributed by atoms with Gasteiger partial charge in [-0.15, -0.1) is 0 Å². The molecule has 23 heavy (non-hydrogen) atoms. The first-order chi connectivity index (χ1) is 11.1. The molecule has 2 aliphatic rings. The standard InChI is InChI=1S/C17H22FN3O2/c18-14-4-2-13(3-5-14)12-20-8-1-9-21(11-10-20)17(23)15-6-7-16(22)19-15/h2-5,15H,1,6-12H2,(H,19,22). The zero-order chi connectivity index (χ0) is 16.2. The van der Waals surface area contributed by atoms with Crippen LogP contribution < -0.4 is 5.32 Å². The summed E-state index contributed by atoms with van der Waals surface area (Å²) in [7, 11) is 0. The van der Waals surface area contributed by atoms with Crippen LogP contribution in [0.1, 0.15) is 24.8 Å². The van der Waals surface area contributed by atoms with Crippen LogP contribution in [-0.4, -0.2) is 53.8 Å². The summed E-state index contributed by atoms with van der Waals surface area (Å²) in [6, 6.07) is 6.22. The molecule has 0 saturated carbocycles. The van der Waals surface area contributed by atoms with E-state index < -0.39 is 0 Å². The Hall–Kier alpha value is -1.95. The van der Waals surface area contributed by atoms with Crippen molar-refractivity contribution in [3.05, 3.63) is 35.6 Å². The van der Waals surface area contributed by atoms with Crippen molar-refractivity contribution in [3.63, 3.8) is 0 Å². The van der Waals surface area contributed by atoms with E-state index in [0.29, 0.717) is 19.4 Å². The van der Waals surface area contributed by atoms with E-state index in [0.717, 1.165) is 38.2 Å². The maximum absolute atomic E-state index is 13.0. The van der Waals surface area contributed by atoms with Crippen molar-refractivity contribution in [2.24, 2.45) is 0 Å². The van der Waals surface area contributed by atoms with Crippen LogP contribution in [0.3, 0.4) is 0 Å². The number of halogens is 1. The fourth-order valence-corrected chi connectivity index (χ4v) is 3.22. The van der Waals surface area contributed by atoms with Crippen molar-refractivity contribution in [1.29, 1.82) is 0 Å². The molecule has 0 aliphatic carbocycles. The maximum atomic E-state index is 13.0. The highest BCUT2D eigenvalue weighted by Gasteiger charge is 2.31. The Morgan fingerprint density at radius 1 is 1.17 bits per heavy atom. The second kappa shape index (κ2) is 7.08. The Labute approximate surface area is 135 Å². The molecule has 2 saturated heterocycles. The third kappa shape index (κ3) is 4.07. The molecule has 5 nitrogen and oxygen atoms in total. The van der Waals surface area contributed by atoms with Crippen molar-refractivity contribution in [2.45, 2.75) is 31.8 Å². The predicted octanol–water partition coefficient (Wildman–Crippen LogP) is 1.14. The monoisotopic (exact) mass is 319 g/mol. The summed E-state index contributed by atoms with van der Waals surface area (Å²) in [6.07, 6.45) is 1.96. The lowest BCUT2D eigenvalue weighted by atomic mass is 10.2. The average molecular weight is 319 g/mol. The number of rotatable bonds is 3. The van der Waals surface area contributed by atoms with Gasteiger partial charge in [-0.05, 0) is 30.5 Å². The first-order valence-corrected chi connectivity index (χ1v) is 8.17. The topological polar surface area (TPSA) is 52.7 Å². The first kappa shape index (κ1) is 15.9. The quantitative estimate of drug-likeness (QED) is 0.909. The van der Waals surface area contributed by atoms with Crippen LogP contribution in [0.2, 0.25) is 0 Å². The zero-order valence-corrected chi connectivity index (χ0v) is 13.1. The van der Waals surface area contributed by atoms with Crippen molar-refractivity contribution in [1.82, 2.24) is 15.1 Å². The summed E-state index contributed by atoms with van der Waals surface area (Å²) in [4.78, 5) is 27.9. The molecular formula is C17H22FN3O2. The number of carbonyl (C=O) groups is 2. The van der Waals surface area contributed by atoms with Gasteiger partial charge in [-0.1, -0.05) is 12.1 Å². The lowest BCUT2D eigenvalue weighted by Gasteiger charge is -2.24. The molecule has 3 rings (SSSR count). The molecule has 6 heteroatoms. The number of hydrogen-bond donors (Lipinski definition) is 1. The minimum atomic E-state index is -0.342. The molecule has 1 unspecified atom stereocenters. The highest BCUT2D eigenvalue weighted by Crippen LogP contribution is 2.14. The summed E-state index contributed by atoms with van der Waals surface area (Å²) < 4.78 is 13.0. The molecule has 2 amide bonds. The van der Waals surface area contributed by atoms with Gasteiger partial charge in [-0.2, -0.15) is 0 Å². The van der Waals surface area contributed by atoms with Gasteiger partial charge in [0.25, 0.3) is 0 Å². The summed E-state index contributed by atoms with van der Waals surface area (Å²) >= 11 is 0. The van der Waals surface area contributed by atoms with E-state index in [-0.39, 0.29) is 23.7 Å². The molecule has 2 aliphatic heterocycles. The lowest BCUT2D eigenvalue weighted by Crippen LogP contribution is -2.45. The van der Waals surface area contributed by atoms with Gasteiger partial charge in [0, 0.05) is 39.1 Å². The van der Waals surface area contributed by atoms with Crippen LogP contribution >= 0.6 is 0 Å². The molecule has 0 aromatic heterocycles. The van der Waals surface area contributed by atoms with Crippen LogP contribution in [0.25, 0.3) is 0 Å². The smallest absolute Gasteiger partial charge is 0.245 e. The first-order valence-electron chi connectivity index (χ1n) is 8.17. The molecule has 2 heterocycles. The van der Waals surface area contributed by atoms with Crippen LogP contribution in [0, 0.1) is 5.82 Å². The van der Waals surface area contributed by atoms with Gasteiger partial charge in [0.05, 0.1) is 0 Å². The average Bonchev–Trinajstić information content (AvgIpc) is 2.84. The Morgan fingerprint density at radius 3 is 2.65 bits per heavy atom. The number of amides is 2. The SMILES string of the molecule is O=C1CCC(C(=O)N2CCCN(Cc3ccc(F)cc3)CC2)N1. The van der Waals surface area contributed by atoms with Gasteiger partial charge in [0.2, 0.25) is 11.8 Å². The van der Waals surface area contributed by atoms with E-state index >= 15 is 0 Å². The van der Waals surface area contributed by atoms with Crippen molar-refractivity contribution < 1.29 is 14.0 Å². The largest absolute Gasteiger partial charge is 0.344 e. The van der Waals surface area contributed by atoms with Gasteiger partial charge >= 0.3 is 0 Å². The summed E-state index contributed by atoms with van der Waals surface area (Å²) in [5.41, 5.74) is 1.08. The van der Waals surface area contributed by atoms with Crippen molar-refractivity contribution >= 4 is 11.8 Å². The molecular weight excluding hydrogens is 297 g/mol. The molecule has 124 valence electrons. The van der Waals surface area contributed by atoms with Crippen molar-refractivity contribution in [3.8, 4) is 0 Å². The number of nitrogens with zero attached hydrogens (tertiary/aromatic N) is 2. The highest BCUT2D eigenvalue weighted by atomic mass is 19.1. The molecule has 0 radical (unpaired) electrons. The molecule has 0 spiro atoms. The molecule has 1 atom stereocenters. The second-order valence-electron chi connectivity index (χ2n) is 6.24. The van der Waals surface area contributed by atoms with E-state index in [1.165, 1.54) is 12.1 Å². The van der Waals surface area contributed by atoms with Crippen LogP contribution in [-0.2, 0) is 16.1 Å². The predicted molar refractivity (Wildman–Crippen MR) is 84.0 cm³/mol. The highest BCUT2D eigenvalue weighted by molar-refractivity contribution is 5.90. The number of benzene rings is 1. The fourth-order valence-electron chi connectivity index (χ4n) is 3.22. The lowest BCUT2D eigenvalue weighted by molar-refractivity contribution is -0.134. The van der Waals surface area contributed by atoms with Gasteiger partial charge < -0.3 is 10.2 Å². The maximum Gasteiger partial charge on any atom is 0.245 e. The molecule has 0 bridgehead atoms. The van der Waals surface area contributed by atoms with E-state index in [1.54, 1.807) is 12.1 Å². The normalized spacial score (nSPS) is 22.7. The van der Waals surface area contributed by atoms with Gasteiger partial charge in [0.15, 0.2) is 0 Å². The number of hydrogen-bond acceptors (Lipinski definition) is 3. The molecule has 1 N–H and O–H groups in total. The molecule has 1 aromatic carbocycles. The molecule has 1 aromatic rings. The van der Waals surface area contributed by atoms with E-state index in [9.17, 15) is 14.0 Å². The Bertz CT molecular complexity index is 576. The van der Waals surface area contributed by atoms with Gasteiger partial charge in [-0.25, -0.2) is 4.39 Å². The van der Waals surface area contributed by atoms with E-state index in [2.05, 4.69) is 10.2 Å². The second-order valence-corrected chi connectivity index (χ2v) is 6.24. The van der Waals surface area contributed by atoms with Crippen LogP contribution in [0.15, 0.2) is 24.3 Å². The number of carbonyl (C=O) groups excluding carboxylic acids is 2.